The third-order valence-corrected chi connectivity index (χ3v) is 2.90. The van der Waals surface area contributed by atoms with Crippen molar-refractivity contribution in [3.8, 4) is 5.75 Å². The number of hydrogen-bond donors (Lipinski definition) is 1. The Hall–Kier alpha value is -1.88. The van der Waals surface area contributed by atoms with Gasteiger partial charge in [0.2, 0.25) is 0 Å². The lowest BCUT2D eigenvalue weighted by molar-refractivity contribution is 0.270. The van der Waals surface area contributed by atoms with Crippen molar-refractivity contribution in [2.24, 2.45) is 0 Å². The van der Waals surface area contributed by atoms with Crippen LogP contribution < -0.4 is 10.1 Å². The van der Waals surface area contributed by atoms with Crippen molar-refractivity contribution in [1.29, 1.82) is 0 Å². The third-order valence-electron chi connectivity index (χ3n) is 2.90. The average molecular weight is 292 g/mol. The Balaban J connectivity index is 2.10. The number of nitrogens with zero attached hydrogens (tertiary/aromatic N) is 1. The van der Waals surface area contributed by atoms with E-state index in [-0.39, 0.29) is 23.7 Å². The van der Waals surface area contributed by atoms with Crippen LogP contribution in [0, 0.1) is 12.7 Å². The fourth-order valence-electron chi connectivity index (χ4n) is 1.85. The van der Waals surface area contributed by atoms with E-state index in [1.54, 1.807) is 19.1 Å². The van der Waals surface area contributed by atoms with Crippen molar-refractivity contribution in [1.82, 2.24) is 10.5 Å². The van der Waals surface area contributed by atoms with Gasteiger partial charge in [-0.25, -0.2) is 4.39 Å². The van der Waals surface area contributed by atoms with E-state index in [1.807, 2.05) is 6.07 Å². The van der Waals surface area contributed by atoms with E-state index < -0.39 is 0 Å². The van der Waals surface area contributed by atoms with Gasteiger partial charge < -0.3 is 14.6 Å². The van der Waals surface area contributed by atoms with E-state index in [0.717, 1.165) is 5.56 Å². The number of para-hydroxylation sites is 1. The molecule has 114 valence electrons. The highest BCUT2D eigenvalue weighted by molar-refractivity contribution is 5.35. The van der Waals surface area contributed by atoms with Crippen molar-refractivity contribution in [3.05, 3.63) is 47.1 Å². The number of nitrogens with one attached hydrogen (secondary N) is 1. The molecule has 0 amide bonds. The molecule has 1 N–H and O–H groups in total. The van der Waals surface area contributed by atoms with Crippen molar-refractivity contribution in [2.45, 2.75) is 46.4 Å². The molecule has 0 fully saturated rings. The number of aryl methyl sites for hydroxylation is 1. The van der Waals surface area contributed by atoms with E-state index in [9.17, 15) is 4.39 Å². The maximum Gasteiger partial charge on any atom is 0.165 e. The Labute approximate surface area is 124 Å². The maximum atomic E-state index is 14.0. The van der Waals surface area contributed by atoms with E-state index >= 15 is 0 Å². The molecule has 21 heavy (non-hydrogen) atoms. The van der Waals surface area contributed by atoms with Crippen LogP contribution in [0.25, 0.3) is 0 Å². The highest BCUT2D eigenvalue weighted by Crippen LogP contribution is 2.24. The van der Waals surface area contributed by atoms with Gasteiger partial charge in [-0.3, -0.25) is 0 Å². The molecule has 5 heteroatoms. The van der Waals surface area contributed by atoms with Crippen LogP contribution in [0.15, 0.2) is 28.8 Å². The van der Waals surface area contributed by atoms with Crippen LogP contribution in [-0.4, -0.2) is 10.7 Å². The molecule has 0 saturated heterocycles. The lowest BCUT2D eigenvalue weighted by Gasteiger charge is -2.21. The van der Waals surface area contributed by atoms with Crippen molar-refractivity contribution in [2.75, 3.05) is 0 Å². The Morgan fingerprint density at radius 3 is 2.71 bits per heavy atom. The average Bonchev–Trinajstić information content (AvgIpc) is 2.80. The van der Waals surface area contributed by atoms with Crippen molar-refractivity contribution >= 4 is 0 Å². The molecule has 0 aliphatic heterocycles. The number of aromatic nitrogens is 1. The number of benzene rings is 1. The van der Waals surface area contributed by atoms with Gasteiger partial charge in [0.05, 0.1) is 0 Å². The summed E-state index contributed by atoms with van der Waals surface area (Å²) in [6.07, 6.45) is 0. The summed E-state index contributed by atoms with van der Waals surface area (Å²) in [4.78, 5) is 0. The van der Waals surface area contributed by atoms with Gasteiger partial charge >= 0.3 is 0 Å². The second-order valence-electron chi connectivity index (χ2n) is 6.05. The van der Waals surface area contributed by atoms with Gasteiger partial charge in [-0.1, -0.05) is 17.3 Å². The predicted molar refractivity (Wildman–Crippen MR) is 78.6 cm³/mol. The third kappa shape index (κ3) is 4.56. The molecule has 0 spiro atoms. The smallest absolute Gasteiger partial charge is 0.165 e. The summed E-state index contributed by atoms with van der Waals surface area (Å²) in [5.74, 6) is 0.593. The maximum absolute atomic E-state index is 14.0. The molecule has 1 aromatic heterocycles. The Kier molecular flexibility index (Phi) is 4.63. The molecule has 1 heterocycles. The van der Waals surface area contributed by atoms with Gasteiger partial charge in [0.25, 0.3) is 0 Å². The number of ether oxygens (including phenoxy) is 1. The molecular formula is C16H21FN2O2. The molecule has 0 aliphatic carbocycles. The highest BCUT2D eigenvalue weighted by Gasteiger charge is 2.14. The monoisotopic (exact) mass is 292 g/mol. The minimum Gasteiger partial charge on any atom is -0.484 e. The summed E-state index contributed by atoms with van der Waals surface area (Å²) in [6.45, 7) is 8.70. The summed E-state index contributed by atoms with van der Waals surface area (Å²) in [6, 6.07) is 6.70. The summed E-state index contributed by atoms with van der Waals surface area (Å²) < 4.78 is 24.5. The topological polar surface area (TPSA) is 47.3 Å². The highest BCUT2D eigenvalue weighted by atomic mass is 19.1. The molecule has 0 unspecified atom stereocenters. The van der Waals surface area contributed by atoms with Crippen LogP contribution in [0.2, 0.25) is 0 Å². The zero-order chi connectivity index (χ0) is 15.5. The summed E-state index contributed by atoms with van der Waals surface area (Å²) >= 11 is 0. The zero-order valence-electron chi connectivity index (χ0n) is 12.9. The molecule has 2 rings (SSSR count). The normalized spacial score (nSPS) is 11.7. The van der Waals surface area contributed by atoms with Crippen LogP contribution in [-0.2, 0) is 13.2 Å². The fourth-order valence-corrected chi connectivity index (χ4v) is 1.85. The first-order valence-corrected chi connectivity index (χ1v) is 6.92. The van der Waals surface area contributed by atoms with Gasteiger partial charge in [0.15, 0.2) is 11.6 Å². The summed E-state index contributed by atoms with van der Waals surface area (Å²) in [7, 11) is 0. The second-order valence-corrected chi connectivity index (χ2v) is 6.05. The van der Waals surface area contributed by atoms with Crippen LogP contribution in [0.3, 0.4) is 0 Å². The molecule has 1 aromatic carbocycles. The lowest BCUT2D eigenvalue weighted by Crippen LogP contribution is -2.35. The first-order chi connectivity index (χ1) is 9.85. The van der Waals surface area contributed by atoms with Gasteiger partial charge in [0, 0.05) is 23.7 Å². The van der Waals surface area contributed by atoms with Crippen LogP contribution >= 0.6 is 0 Å². The number of rotatable bonds is 5. The minimum absolute atomic E-state index is 0.0488. The Morgan fingerprint density at radius 2 is 2.10 bits per heavy atom. The van der Waals surface area contributed by atoms with Gasteiger partial charge in [-0.05, 0) is 33.8 Å². The van der Waals surface area contributed by atoms with Crippen LogP contribution in [0.5, 0.6) is 5.75 Å². The fraction of sp³-hybridized carbons (Fsp3) is 0.438. The Morgan fingerprint density at radius 1 is 1.33 bits per heavy atom. The lowest BCUT2D eigenvalue weighted by atomic mass is 10.1. The molecule has 0 radical (unpaired) electrons. The van der Waals surface area contributed by atoms with E-state index in [2.05, 4.69) is 31.2 Å². The molecule has 0 saturated carbocycles. The SMILES string of the molecule is Cc1cc(COc2c(F)cccc2CNC(C)(C)C)no1. The van der Waals surface area contributed by atoms with E-state index in [4.69, 9.17) is 9.26 Å². The molecule has 4 nitrogen and oxygen atoms in total. The summed E-state index contributed by atoms with van der Waals surface area (Å²) in [5.41, 5.74) is 1.38. The van der Waals surface area contributed by atoms with Gasteiger partial charge in [0.1, 0.15) is 18.1 Å². The minimum atomic E-state index is -0.372. The van der Waals surface area contributed by atoms with Gasteiger partial charge in [-0.15, -0.1) is 0 Å². The predicted octanol–water partition coefficient (Wildman–Crippen LogP) is 3.59. The molecule has 2 aromatic rings. The number of hydrogen-bond acceptors (Lipinski definition) is 4. The van der Waals surface area contributed by atoms with Crippen LogP contribution in [0.4, 0.5) is 4.39 Å². The quantitative estimate of drug-likeness (QED) is 0.915. The van der Waals surface area contributed by atoms with Gasteiger partial charge in [-0.2, -0.15) is 0 Å². The largest absolute Gasteiger partial charge is 0.484 e. The second kappa shape index (κ2) is 6.26. The van der Waals surface area contributed by atoms with E-state index in [0.29, 0.717) is 18.0 Å². The molecule has 0 aliphatic rings. The number of halogens is 1. The van der Waals surface area contributed by atoms with E-state index in [1.165, 1.54) is 6.07 Å². The standard InChI is InChI=1S/C16H21FN2O2/c1-11-8-13(19-21-11)10-20-15-12(6-5-7-14(15)17)9-18-16(2,3)4/h5-8,18H,9-10H2,1-4H3. The molecular weight excluding hydrogens is 271 g/mol. The van der Waals surface area contributed by atoms with Crippen LogP contribution in [0.1, 0.15) is 37.8 Å². The van der Waals surface area contributed by atoms with Crippen molar-refractivity contribution < 1.29 is 13.7 Å². The summed E-state index contributed by atoms with van der Waals surface area (Å²) in [5, 5.41) is 7.16. The first-order valence-electron chi connectivity index (χ1n) is 6.92. The van der Waals surface area contributed by atoms with Crippen molar-refractivity contribution in [3.63, 3.8) is 0 Å². The zero-order valence-corrected chi connectivity index (χ0v) is 12.9. The Bertz CT molecular complexity index is 603. The molecule has 0 atom stereocenters. The molecule has 0 bridgehead atoms. The first kappa shape index (κ1) is 15.5.